The van der Waals surface area contributed by atoms with Crippen LogP contribution in [0.3, 0.4) is 0 Å². The Balaban J connectivity index is 1.68. The maximum absolute atomic E-state index is 13.1. The number of nitrogens with zero attached hydrogens (tertiary/aromatic N) is 4. The lowest BCUT2D eigenvalue weighted by molar-refractivity contribution is -0.384. The monoisotopic (exact) mass is 398 g/mol. The SMILES string of the molecule is CC(C)(C)[C@@H]1CCc2c(sc3nnn(Cc4ccc([N+](=O)[O-])cc4)c(=O)c23)C1. The zero-order valence-corrected chi connectivity index (χ0v) is 17.0. The smallest absolute Gasteiger partial charge is 0.267 e. The Morgan fingerprint density at radius 1 is 1.29 bits per heavy atom. The maximum Gasteiger partial charge on any atom is 0.279 e. The molecule has 0 fully saturated rings. The summed E-state index contributed by atoms with van der Waals surface area (Å²) < 4.78 is 1.35. The third kappa shape index (κ3) is 3.32. The molecule has 3 aromatic rings. The van der Waals surface area contributed by atoms with Gasteiger partial charge in [-0.15, -0.1) is 16.4 Å². The Hall–Kier alpha value is -2.61. The number of hydrogen-bond donors (Lipinski definition) is 0. The Morgan fingerprint density at radius 3 is 2.64 bits per heavy atom. The van der Waals surface area contributed by atoms with Crippen molar-refractivity contribution in [3.05, 3.63) is 60.7 Å². The summed E-state index contributed by atoms with van der Waals surface area (Å²) in [4.78, 5) is 25.4. The van der Waals surface area contributed by atoms with Gasteiger partial charge in [0.15, 0.2) is 4.83 Å². The van der Waals surface area contributed by atoms with Crippen molar-refractivity contribution >= 4 is 27.2 Å². The molecule has 1 atom stereocenters. The molecule has 0 N–H and O–H groups in total. The molecule has 0 radical (unpaired) electrons. The molecule has 0 amide bonds. The van der Waals surface area contributed by atoms with Crippen LogP contribution >= 0.6 is 11.3 Å². The zero-order chi connectivity index (χ0) is 20.1. The Labute approximate surface area is 166 Å². The number of aryl methyl sites for hydroxylation is 1. The largest absolute Gasteiger partial charge is 0.279 e. The van der Waals surface area contributed by atoms with E-state index in [1.165, 1.54) is 21.7 Å². The molecule has 2 heterocycles. The highest BCUT2D eigenvalue weighted by atomic mass is 32.1. The van der Waals surface area contributed by atoms with Gasteiger partial charge >= 0.3 is 0 Å². The molecule has 146 valence electrons. The highest BCUT2D eigenvalue weighted by Crippen LogP contribution is 2.41. The van der Waals surface area contributed by atoms with E-state index >= 15 is 0 Å². The molecule has 0 bridgehead atoms. The molecule has 8 heteroatoms. The van der Waals surface area contributed by atoms with Crippen molar-refractivity contribution in [3.8, 4) is 0 Å². The average molecular weight is 398 g/mol. The van der Waals surface area contributed by atoms with Gasteiger partial charge in [0.2, 0.25) is 0 Å². The minimum atomic E-state index is -0.440. The van der Waals surface area contributed by atoms with Gasteiger partial charge in [0.05, 0.1) is 16.9 Å². The van der Waals surface area contributed by atoms with Crippen LogP contribution in [0.25, 0.3) is 10.2 Å². The van der Waals surface area contributed by atoms with E-state index in [1.807, 2.05) is 0 Å². The molecule has 0 saturated heterocycles. The Morgan fingerprint density at radius 2 is 2.00 bits per heavy atom. The van der Waals surface area contributed by atoms with Gasteiger partial charge in [-0.25, -0.2) is 4.68 Å². The predicted molar refractivity (Wildman–Crippen MR) is 109 cm³/mol. The summed E-state index contributed by atoms with van der Waals surface area (Å²) in [6, 6.07) is 6.16. The van der Waals surface area contributed by atoms with E-state index in [1.54, 1.807) is 23.5 Å². The van der Waals surface area contributed by atoms with Crippen LogP contribution in [0, 0.1) is 21.4 Å². The standard InChI is InChI=1S/C20H22N4O3S/c1-20(2,3)13-6-9-15-16(10-13)28-18-17(15)19(25)23(22-21-18)11-12-4-7-14(8-5-12)24(26)27/h4-5,7-8,13H,6,9-11H2,1-3H3/t13-/m1/s1. The van der Waals surface area contributed by atoms with Crippen molar-refractivity contribution < 1.29 is 4.92 Å². The lowest BCUT2D eigenvalue weighted by Crippen LogP contribution is -2.28. The van der Waals surface area contributed by atoms with E-state index in [4.69, 9.17) is 0 Å². The van der Waals surface area contributed by atoms with Crippen LogP contribution in [0.4, 0.5) is 5.69 Å². The second-order valence-corrected chi connectivity index (χ2v) is 9.55. The molecule has 1 aromatic carbocycles. The van der Waals surface area contributed by atoms with Crippen LogP contribution in [-0.2, 0) is 19.4 Å². The van der Waals surface area contributed by atoms with Crippen molar-refractivity contribution in [1.29, 1.82) is 0 Å². The predicted octanol–water partition coefficient (Wildman–Crippen LogP) is 3.96. The average Bonchev–Trinajstić information content (AvgIpc) is 3.02. The summed E-state index contributed by atoms with van der Waals surface area (Å²) >= 11 is 1.59. The molecule has 4 rings (SSSR count). The van der Waals surface area contributed by atoms with Gasteiger partial charge in [-0.2, -0.15) is 0 Å². The van der Waals surface area contributed by atoms with Gasteiger partial charge in [0.1, 0.15) is 0 Å². The molecular formula is C20H22N4O3S. The number of aromatic nitrogens is 3. The fourth-order valence-electron chi connectivity index (χ4n) is 3.87. The molecule has 2 aromatic heterocycles. The molecular weight excluding hydrogens is 376 g/mol. The van der Waals surface area contributed by atoms with E-state index in [2.05, 4.69) is 31.1 Å². The minimum Gasteiger partial charge on any atom is -0.267 e. The third-order valence-corrected chi connectivity index (χ3v) is 6.78. The molecule has 1 aliphatic carbocycles. The highest BCUT2D eigenvalue weighted by Gasteiger charge is 2.31. The highest BCUT2D eigenvalue weighted by molar-refractivity contribution is 7.18. The number of rotatable bonds is 3. The third-order valence-electron chi connectivity index (χ3n) is 5.64. The lowest BCUT2D eigenvalue weighted by Gasteiger charge is -2.33. The minimum absolute atomic E-state index is 0.0259. The van der Waals surface area contributed by atoms with Gasteiger partial charge < -0.3 is 0 Å². The van der Waals surface area contributed by atoms with Crippen molar-refractivity contribution in [2.24, 2.45) is 11.3 Å². The van der Waals surface area contributed by atoms with Crippen LogP contribution in [0.15, 0.2) is 29.1 Å². The maximum atomic E-state index is 13.1. The summed E-state index contributed by atoms with van der Waals surface area (Å²) in [5, 5.41) is 19.9. The number of hydrogen-bond acceptors (Lipinski definition) is 6. The van der Waals surface area contributed by atoms with Crippen molar-refractivity contribution in [1.82, 2.24) is 15.0 Å². The van der Waals surface area contributed by atoms with Gasteiger partial charge in [-0.1, -0.05) is 38.1 Å². The number of nitro benzene ring substituents is 1. The number of nitro groups is 1. The number of non-ortho nitro benzene ring substituents is 1. The van der Waals surface area contributed by atoms with E-state index in [-0.39, 0.29) is 23.2 Å². The van der Waals surface area contributed by atoms with Crippen LogP contribution in [0.5, 0.6) is 0 Å². The molecule has 28 heavy (non-hydrogen) atoms. The van der Waals surface area contributed by atoms with Crippen molar-refractivity contribution in [2.75, 3.05) is 0 Å². The van der Waals surface area contributed by atoms with E-state index in [0.717, 1.165) is 30.4 Å². The molecule has 1 aliphatic rings. The second kappa shape index (κ2) is 6.77. The first-order valence-electron chi connectivity index (χ1n) is 9.35. The summed E-state index contributed by atoms with van der Waals surface area (Å²) in [5.74, 6) is 0.600. The molecule has 7 nitrogen and oxygen atoms in total. The van der Waals surface area contributed by atoms with Gasteiger partial charge in [-0.3, -0.25) is 14.9 Å². The number of fused-ring (bicyclic) bond motifs is 3. The van der Waals surface area contributed by atoms with E-state index in [0.29, 0.717) is 16.1 Å². The number of benzene rings is 1. The number of thiophene rings is 1. The Kier molecular flexibility index (Phi) is 4.53. The van der Waals surface area contributed by atoms with Crippen LogP contribution in [0.1, 0.15) is 43.2 Å². The topological polar surface area (TPSA) is 90.9 Å². The van der Waals surface area contributed by atoms with Crippen LogP contribution in [0.2, 0.25) is 0 Å². The summed E-state index contributed by atoms with van der Waals surface area (Å²) in [6.45, 7) is 7.06. The summed E-state index contributed by atoms with van der Waals surface area (Å²) in [6.07, 6.45) is 2.96. The first-order valence-corrected chi connectivity index (χ1v) is 10.2. The second-order valence-electron chi connectivity index (χ2n) is 8.47. The van der Waals surface area contributed by atoms with Crippen LogP contribution < -0.4 is 5.56 Å². The normalized spacial score (nSPS) is 16.9. The molecule has 0 spiro atoms. The summed E-state index contributed by atoms with van der Waals surface area (Å²) in [5.41, 5.74) is 2.06. The first-order chi connectivity index (χ1) is 13.2. The van der Waals surface area contributed by atoms with E-state index < -0.39 is 4.92 Å². The van der Waals surface area contributed by atoms with Crippen molar-refractivity contribution in [2.45, 2.75) is 46.6 Å². The van der Waals surface area contributed by atoms with Gasteiger partial charge in [-0.05, 0) is 41.7 Å². The van der Waals surface area contributed by atoms with Crippen LogP contribution in [-0.4, -0.2) is 19.9 Å². The molecule has 0 unspecified atom stereocenters. The Bertz CT molecular complexity index is 1110. The molecule has 0 aliphatic heterocycles. The zero-order valence-electron chi connectivity index (χ0n) is 16.1. The van der Waals surface area contributed by atoms with Gasteiger partial charge in [0, 0.05) is 17.0 Å². The fraction of sp³-hybridized carbons (Fsp3) is 0.450. The van der Waals surface area contributed by atoms with Crippen molar-refractivity contribution in [3.63, 3.8) is 0 Å². The summed E-state index contributed by atoms with van der Waals surface area (Å²) in [7, 11) is 0. The molecule has 0 saturated carbocycles. The van der Waals surface area contributed by atoms with Gasteiger partial charge in [0.25, 0.3) is 11.2 Å². The quantitative estimate of drug-likeness (QED) is 0.492. The first kappa shape index (κ1) is 18.7. The fourth-order valence-corrected chi connectivity index (χ4v) is 5.10. The van der Waals surface area contributed by atoms with E-state index in [9.17, 15) is 14.9 Å². The lowest BCUT2D eigenvalue weighted by atomic mass is 9.72.